The number of hydrogen-bond donors (Lipinski definition) is 0. The minimum Gasteiger partial charge on any atom is -0.369 e. The van der Waals surface area contributed by atoms with E-state index in [1.54, 1.807) is 6.07 Å². The van der Waals surface area contributed by atoms with Crippen LogP contribution in [0.3, 0.4) is 0 Å². The average molecular weight is 422 g/mol. The predicted octanol–water partition coefficient (Wildman–Crippen LogP) is 3.08. The van der Waals surface area contributed by atoms with Gasteiger partial charge in [-0.2, -0.15) is 17.0 Å². The van der Waals surface area contributed by atoms with Gasteiger partial charge in [-0.3, -0.25) is 4.98 Å². The molecule has 3 rings (SSSR count). The van der Waals surface area contributed by atoms with E-state index in [4.69, 9.17) is 4.74 Å². The van der Waals surface area contributed by atoms with Crippen LogP contribution in [-0.4, -0.2) is 54.8 Å². The summed E-state index contributed by atoms with van der Waals surface area (Å²) in [5, 5.41) is 0. The van der Waals surface area contributed by atoms with Crippen LogP contribution >= 0.6 is 0 Å². The smallest absolute Gasteiger partial charge is 0.282 e. The number of rotatable bonds is 7. The van der Waals surface area contributed by atoms with E-state index in [1.165, 1.54) is 20.7 Å². The highest BCUT2D eigenvalue weighted by Gasteiger charge is 2.34. The number of aryl methyl sites for hydroxylation is 1. The van der Waals surface area contributed by atoms with Crippen molar-refractivity contribution in [2.45, 2.75) is 33.3 Å². The van der Waals surface area contributed by atoms with E-state index in [2.05, 4.69) is 4.98 Å². The van der Waals surface area contributed by atoms with Gasteiger partial charge in [0, 0.05) is 31.9 Å². The highest BCUT2D eigenvalue weighted by molar-refractivity contribution is 7.86. The van der Waals surface area contributed by atoms with Gasteiger partial charge in [-0.05, 0) is 48.7 Å². The average Bonchev–Trinajstić information content (AvgIpc) is 2.68. The maximum atomic E-state index is 13.5. The molecular weight excluding hydrogens is 393 g/mol. The molecule has 2 aromatic rings. The van der Waals surface area contributed by atoms with Gasteiger partial charge < -0.3 is 4.74 Å². The van der Waals surface area contributed by atoms with Crippen molar-refractivity contribution < 1.29 is 17.5 Å². The van der Waals surface area contributed by atoms with E-state index in [0.717, 1.165) is 16.8 Å². The second-order valence-electron chi connectivity index (χ2n) is 7.16. The maximum Gasteiger partial charge on any atom is 0.282 e. The molecule has 8 heteroatoms. The van der Waals surface area contributed by atoms with E-state index in [1.807, 2.05) is 39.0 Å². The van der Waals surface area contributed by atoms with Crippen LogP contribution in [0.4, 0.5) is 4.39 Å². The monoisotopic (exact) mass is 421 g/mol. The molecule has 0 saturated carbocycles. The zero-order chi connectivity index (χ0) is 21.0. The second kappa shape index (κ2) is 9.30. The first-order valence-electron chi connectivity index (χ1n) is 9.92. The van der Waals surface area contributed by atoms with Crippen molar-refractivity contribution in [3.63, 3.8) is 0 Å². The molecule has 1 aliphatic heterocycles. The molecular formula is C21H28FN3O3S. The van der Waals surface area contributed by atoms with E-state index in [-0.39, 0.29) is 12.4 Å². The third-order valence-electron chi connectivity index (χ3n) is 5.05. The zero-order valence-corrected chi connectivity index (χ0v) is 18.0. The summed E-state index contributed by atoms with van der Waals surface area (Å²) in [4.78, 5) is 4.58. The Morgan fingerprint density at radius 1 is 1.21 bits per heavy atom. The van der Waals surface area contributed by atoms with Gasteiger partial charge in [-0.1, -0.05) is 26.0 Å². The van der Waals surface area contributed by atoms with Crippen molar-refractivity contribution in [1.82, 2.24) is 13.6 Å². The number of morpholine rings is 1. The summed E-state index contributed by atoms with van der Waals surface area (Å²) in [7, 11) is -3.52. The summed E-state index contributed by atoms with van der Waals surface area (Å²) in [6.45, 7) is 7.31. The molecule has 0 spiro atoms. The summed E-state index contributed by atoms with van der Waals surface area (Å²) in [6.07, 6.45) is 0.141. The van der Waals surface area contributed by atoms with Crippen molar-refractivity contribution in [1.29, 1.82) is 0 Å². The minimum absolute atomic E-state index is 0.231. The molecule has 0 aliphatic carbocycles. The van der Waals surface area contributed by atoms with Gasteiger partial charge in [-0.25, -0.2) is 4.39 Å². The van der Waals surface area contributed by atoms with Crippen molar-refractivity contribution in [3.05, 3.63) is 64.7 Å². The van der Waals surface area contributed by atoms with Gasteiger partial charge in [0.2, 0.25) is 0 Å². The SMILES string of the molecule is CCN(CC)S(=O)(=O)N1CCOC(c2cc(Cc3cccc(F)c3)cc(C)n2)C1. The maximum absolute atomic E-state index is 13.5. The van der Waals surface area contributed by atoms with Crippen LogP contribution in [0, 0.1) is 12.7 Å². The van der Waals surface area contributed by atoms with Gasteiger partial charge in [0.25, 0.3) is 10.2 Å². The lowest BCUT2D eigenvalue weighted by Gasteiger charge is -2.35. The van der Waals surface area contributed by atoms with E-state index < -0.39 is 16.3 Å². The first-order chi connectivity index (χ1) is 13.8. The number of pyridine rings is 1. The van der Waals surface area contributed by atoms with Gasteiger partial charge in [0.05, 0.1) is 12.3 Å². The first kappa shape index (κ1) is 21.8. The Balaban J connectivity index is 1.82. The second-order valence-corrected chi connectivity index (χ2v) is 9.09. The van der Waals surface area contributed by atoms with Crippen molar-refractivity contribution in [3.8, 4) is 0 Å². The summed E-state index contributed by atoms with van der Waals surface area (Å²) >= 11 is 0. The van der Waals surface area contributed by atoms with Gasteiger partial charge in [0.15, 0.2) is 0 Å². The summed E-state index contributed by atoms with van der Waals surface area (Å²) in [5.74, 6) is -0.263. The molecule has 0 radical (unpaired) electrons. The standard InChI is InChI=1S/C21H28FN3O3S/c1-4-24(5-2)29(26,27)25-9-10-28-21(15-25)20-14-18(11-16(3)23-20)12-17-7-6-8-19(22)13-17/h6-8,11,13-14,21H,4-5,9-10,12,15H2,1-3H3. The molecule has 1 saturated heterocycles. The summed E-state index contributed by atoms with van der Waals surface area (Å²) in [5.41, 5.74) is 3.39. The van der Waals surface area contributed by atoms with Crippen molar-refractivity contribution in [2.24, 2.45) is 0 Å². The topological polar surface area (TPSA) is 62.7 Å². The fourth-order valence-electron chi connectivity index (χ4n) is 3.65. The quantitative estimate of drug-likeness (QED) is 0.689. The number of benzene rings is 1. The Hall–Kier alpha value is -1.87. The van der Waals surface area contributed by atoms with Crippen LogP contribution in [0.1, 0.15) is 42.5 Å². The predicted molar refractivity (Wildman–Crippen MR) is 110 cm³/mol. The van der Waals surface area contributed by atoms with Crippen LogP contribution in [0.25, 0.3) is 0 Å². The summed E-state index contributed by atoms with van der Waals surface area (Å²) in [6, 6.07) is 10.4. The largest absolute Gasteiger partial charge is 0.369 e. The Morgan fingerprint density at radius 3 is 2.66 bits per heavy atom. The lowest BCUT2D eigenvalue weighted by Crippen LogP contribution is -2.49. The molecule has 1 aliphatic rings. The third kappa shape index (κ3) is 5.19. The lowest BCUT2D eigenvalue weighted by molar-refractivity contribution is -0.00668. The van der Waals surface area contributed by atoms with Crippen LogP contribution in [0.15, 0.2) is 36.4 Å². The Labute approximate surface area is 172 Å². The molecule has 1 atom stereocenters. The molecule has 29 heavy (non-hydrogen) atoms. The molecule has 1 fully saturated rings. The molecule has 0 amide bonds. The minimum atomic E-state index is -3.52. The van der Waals surface area contributed by atoms with E-state index in [0.29, 0.717) is 38.4 Å². The van der Waals surface area contributed by atoms with Gasteiger partial charge >= 0.3 is 0 Å². The lowest BCUT2D eigenvalue weighted by atomic mass is 10.0. The molecule has 1 unspecified atom stereocenters. The van der Waals surface area contributed by atoms with E-state index >= 15 is 0 Å². The highest BCUT2D eigenvalue weighted by Crippen LogP contribution is 2.25. The van der Waals surface area contributed by atoms with Crippen molar-refractivity contribution in [2.75, 3.05) is 32.8 Å². The number of hydrogen-bond acceptors (Lipinski definition) is 4. The fraction of sp³-hybridized carbons (Fsp3) is 0.476. The van der Waals surface area contributed by atoms with Crippen LogP contribution < -0.4 is 0 Å². The molecule has 6 nitrogen and oxygen atoms in total. The first-order valence-corrected chi connectivity index (χ1v) is 11.3. The number of nitrogens with zero attached hydrogens (tertiary/aromatic N) is 3. The number of aromatic nitrogens is 1. The van der Waals surface area contributed by atoms with Gasteiger partial charge in [0.1, 0.15) is 11.9 Å². The molecule has 0 N–H and O–H groups in total. The fourth-order valence-corrected chi connectivity index (χ4v) is 5.25. The molecule has 1 aromatic carbocycles. The Kier molecular flexibility index (Phi) is 7.00. The Bertz CT molecular complexity index is 948. The Morgan fingerprint density at radius 2 is 1.97 bits per heavy atom. The number of halogens is 1. The molecule has 0 bridgehead atoms. The third-order valence-corrected chi connectivity index (χ3v) is 7.20. The van der Waals surface area contributed by atoms with Gasteiger partial charge in [-0.15, -0.1) is 0 Å². The van der Waals surface area contributed by atoms with E-state index in [9.17, 15) is 12.8 Å². The normalized spacial score (nSPS) is 18.3. The van der Waals surface area contributed by atoms with Crippen molar-refractivity contribution >= 4 is 10.2 Å². The van der Waals surface area contributed by atoms with Crippen LogP contribution in [0.2, 0.25) is 0 Å². The number of ether oxygens (including phenoxy) is 1. The summed E-state index contributed by atoms with van der Waals surface area (Å²) < 4.78 is 48.0. The highest BCUT2D eigenvalue weighted by atomic mass is 32.2. The molecule has 158 valence electrons. The molecule has 1 aromatic heterocycles. The van der Waals surface area contributed by atoms with Crippen LogP contribution in [-0.2, 0) is 21.4 Å². The molecule has 2 heterocycles. The van der Waals surface area contributed by atoms with Crippen LogP contribution in [0.5, 0.6) is 0 Å². The zero-order valence-electron chi connectivity index (χ0n) is 17.1.